The summed E-state index contributed by atoms with van der Waals surface area (Å²) in [6.45, 7) is 0. The highest BCUT2D eigenvalue weighted by Gasteiger charge is 2.15. The molecule has 0 fully saturated rings. The van der Waals surface area contributed by atoms with E-state index in [1.54, 1.807) is 0 Å². The monoisotopic (exact) mass is 536 g/mol. The quantitative estimate of drug-likeness (QED) is 0.231. The Hall–Kier alpha value is -5.60. The lowest BCUT2D eigenvalue weighted by Gasteiger charge is -2.15. The van der Waals surface area contributed by atoms with E-state index >= 15 is 0 Å². The summed E-state index contributed by atoms with van der Waals surface area (Å²) >= 11 is 0. The van der Waals surface area contributed by atoms with Gasteiger partial charge in [0.1, 0.15) is 0 Å². The number of benzene rings is 7. The number of nitrogens with zero attached hydrogens (tertiary/aromatic N) is 1. The average Bonchev–Trinajstić information content (AvgIpc) is 3.39. The van der Waals surface area contributed by atoms with Gasteiger partial charge in [-0.15, -0.1) is 0 Å². The van der Waals surface area contributed by atoms with E-state index in [0.717, 1.165) is 11.4 Å². The first-order valence-electron chi connectivity index (χ1n) is 14.4. The number of anilines is 2. The minimum Gasteiger partial charge on any atom is -0.355 e. The largest absolute Gasteiger partial charge is 0.355 e. The van der Waals surface area contributed by atoms with Gasteiger partial charge in [-0.05, 0) is 82.1 Å². The number of hydrogen-bond acceptors (Lipinski definition) is 1. The molecule has 0 saturated heterocycles. The third-order valence-electron chi connectivity index (χ3n) is 8.15. The molecule has 0 saturated carbocycles. The van der Waals surface area contributed by atoms with E-state index in [9.17, 15) is 0 Å². The molecule has 1 aromatic heterocycles. The predicted octanol–water partition coefficient (Wildman–Crippen LogP) is 11.0. The van der Waals surface area contributed by atoms with Gasteiger partial charge >= 0.3 is 0 Å². The second-order valence-electron chi connectivity index (χ2n) is 10.7. The van der Waals surface area contributed by atoms with E-state index in [1.165, 1.54) is 60.5 Å². The molecule has 1 heterocycles. The fraction of sp³-hybridized carbons (Fsp3) is 0. The van der Waals surface area contributed by atoms with Crippen LogP contribution in [0, 0.1) is 0 Å². The third-order valence-corrected chi connectivity index (χ3v) is 8.15. The lowest BCUT2D eigenvalue weighted by atomic mass is 9.96. The molecule has 42 heavy (non-hydrogen) atoms. The van der Waals surface area contributed by atoms with Crippen LogP contribution in [0.1, 0.15) is 0 Å². The molecule has 0 aliphatic rings. The molecule has 0 aliphatic heterocycles. The van der Waals surface area contributed by atoms with Crippen molar-refractivity contribution in [3.63, 3.8) is 0 Å². The van der Waals surface area contributed by atoms with Crippen molar-refractivity contribution in [2.24, 2.45) is 0 Å². The summed E-state index contributed by atoms with van der Waals surface area (Å²) in [5.41, 5.74) is 10.5. The highest BCUT2D eigenvalue weighted by Crippen LogP contribution is 2.38. The van der Waals surface area contributed by atoms with Crippen molar-refractivity contribution in [1.82, 2.24) is 4.57 Å². The van der Waals surface area contributed by atoms with Crippen LogP contribution in [-0.4, -0.2) is 4.57 Å². The van der Waals surface area contributed by atoms with Gasteiger partial charge in [-0.3, -0.25) is 0 Å². The van der Waals surface area contributed by atoms with Crippen molar-refractivity contribution < 1.29 is 0 Å². The molecule has 0 atom stereocenters. The molecule has 0 spiro atoms. The normalized spacial score (nSPS) is 11.3. The Bertz CT molecular complexity index is 2210. The fourth-order valence-electron chi connectivity index (χ4n) is 6.11. The molecular formula is C40H28N2. The van der Waals surface area contributed by atoms with Gasteiger partial charge in [-0.2, -0.15) is 0 Å². The van der Waals surface area contributed by atoms with Crippen molar-refractivity contribution in [1.29, 1.82) is 0 Å². The van der Waals surface area contributed by atoms with Crippen LogP contribution >= 0.6 is 0 Å². The van der Waals surface area contributed by atoms with E-state index in [-0.39, 0.29) is 0 Å². The highest BCUT2D eigenvalue weighted by molar-refractivity contribution is 6.10. The Kier molecular flexibility index (Phi) is 5.82. The molecular weight excluding hydrogens is 508 g/mol. The third kappa shape index (κ3) is 4.22. The number of aromatic nitrogens is 1. The highest BCUT2D eigenvalue weighted by atomic mass is 15.0. The average molecular weight is 537 g/mol. The topological polar surface area (TPSA) is 17.0 Å². The Balaban J connectivity index is 1.28. The molecule has 0 unspecified atom stereocenters. The first kappa shape index (κ1) is 24.2. The van der Waals surface area contributed by atoms with Crippen LogP contribution in [0.4, 0.5) is 11.4 Å². The van der Waals surface area contributed by atoms with Crippen LogP contribution < -0.4 is 5.32 Å². The number of rotatable bonds is 5. The lowest BCUT2D eigenvalue weighted by Crippen LogP contribution is -1.94. The zero-order valence-electron chi connectivity index (χ0n) is 23.0. The van der Waals surface area contributed by atoms with Crippen LogP contribution in [-0.2, 0) is 0 Å². The maximum atomic E-state index is 3.63. The molecule has 8 aromatic rings. The fourth-order valence-corrected chi connectivity index (χ4v) is 6.11. The smallest absolute Gasteiger partial charge is 0.0541 e. The summed E-state index contributed by atoms with van der Waals surface area (Å²) in [5, 5.41) is 8.64. The first-order valence-corrected chi connectivity index (χ1v) is 14.4. The SMILES string of the molecule is c1ccc(Nc2ccc(-c3ccc4c(c3)c3ccccc3n4-c3ccc4ccccc4c3)cc2-c2ccccc2)cc1. The van der Waals surface area contributed by atoms with Crippen LogP contribution in [0.25, 0.3) is 60.5 Å². The van der Waals surface area contributed by atoms with Crippen molar-refractivity contribution in [3.8, 4) is 27.9 Å². The van der Waals surface area contributed by atoms with Gasteiger partial charge < -0.3 is 9.88 Å². The zero-order chi connectivity index (χ0) is 27.9. The number of para-hydroxylation sites is 2. The van der Waals surface area contributed by atoms with Crippen LogP contribution in [0.15, 0.2) is 164 Å². The van der Waals surface area contributed by atoms with E-state index < -0.39 is 0 Å². The molecule has 198 valence electrons. The molecule has 0 amide bonds. The molecule has 2 nitrogen and oxygen atoms in total. The number of hydrogen-bond donors (Lipinski definition) is 1. The van der Waals surface area contributed by atoms with Gasteiger partial charge in [0.25, 0.3) is 0 Å². The Morgan fingerprint density at radius 1 is 0.405 bits per heavy atom. The Morgan fingerprint density at radius 3 is 1.93 bits per heavy atom. The van der Waals surface area contributed by atoms with Gasteiger partial charge in [-0.1, -0.05) is 109 Å². The molecule has 0 bridgehead atoms. The van der Waals surface area contributed by atoms with Gasteiger partial charge in [0.2, 0.25) is 0 Å². The maximum Gasteiger partial charge on any atom is 0.0541 e. The van der Waals surface area contributed by atoms with Crippen molar-refractivity contribution in [3.05, 3.63) is 164 Å². The standard InChI is InChI=1S/C40H28N2/c1-3-12-29(13-4-1)36-26-31(20-23-38(36)41-33-15-5-2-6-16-33)32-21-24-40-37(27-32)35-17-9-10-18-39(35)42(40)34-22-19-28-11-7-8-14-30(28)25-34/h1-27,41H. The van der Waals surface area contributed by atoms with E-state index in [1.807, 2.05) is 6.07 Å². The molecule has 0 aliphatic carbocycles. The van der Waals surface area contributed by atoms with Crippen LogP contribution in [0.3, 0.4) is 0 Å². The first-order chi connectivity index (χ1) is 20.8. The molecule has 0 radical (unpaired) electrons. The van der Waals surface area contributed by atoms with Crippen molar-refractivity contribution in [2.45, 2.75) is 0 Å². The zero-order valence-corrected chi connectivity index (χ0v) is 23.0. The minimum atomic E-state index is 1.07. The summed E-state index contributed by atoms with van der Waals surface area (Å²) in [6.07, 6.45) is 0. The van der Waals surface area contributed by atoms with Crippen molar-refractivity contribution >= 4 is 44.0 Å². The maximum absolute atomic E-state index is 3.63. The van der Waals surface area contributed by atoms with Crippen LogP contribution in [0.2, 0.25) is 0 Å². The molecule has 8 rings (SSSR count). The van der Waals surface area contributed by atoms with E-state index in [0.29, 0.717) is 0 Å². The summed E-state index contributed by atoms with van der Waals surface area (Å²) in [4.78, 5) is 0. The molecule has 7 aromatic carbocycles. The van der Waals surface area contributed by atoms with E-state index in [2.05, 4.69) is 168 Å². The van der Waals surface area contributed by atoms with Crippen molar-refractivity contribution in [2.75, 3.05) is 5.32 Å². The summed E-state index contributed by atoms with van der Waals surface area (Å²) < 4.78 is 2.39. The lowest BCUT2D eigenvalue weighted by molar-refractivity contribution is 1.19. The summed E-state index contributed by atoms with van der Waals surface area (Å²) in [6, 6.07) is 58.6. The van der Waals surface area contributed by atoms with Gasteiger partial charge in [0, 0.05) is 33.4 Å². The molecule has 1 N–H and O–H groups in total. The Labute approximate surface area is 245 Å². The van der Waals surface area contributed by atoms with Crippen LogP contribution in [0.5, 0.6) is 0 Å². The van der Waals surface area contributed by atoms with Gasteiger partial charge in [0.15, 0.2) is 0 Å². The Morgan fingerprint density at radius 2 is 1.07 bits per heavy atom. The van der Waals surface area contributed by atoms with Gasteiger partial charge in [0.05, 0.1) is 11.0 Å². The van der Waals surface area contributed by atoms with E-state index in [4.69, 9.17) is 0 Å². The predicted molar refractivity (Wildman–Crippen MR) is 179 cm³/mol. The second-order valence-corrected chi connectivity index (χ2v) is 10.7. The minimum absolute atomic E-state index is 1.07. The summed E-state index contributed by atoms with van der Waals surface area (Å²) in [7, 11) is 0. The van der Waals surface area contributed by atoms with Gasteiger partial charge in [-0.25, -0.2) is 0 Å². The number of fused-ring (bicyclic) bond motifs is 4. The number of nitrogens with one attached hydrogen (secondary N) is 1. The summed E-state index contributed by atoms with van der Waals surface area (Å²) in [5.74, 6) is 0. The molecule has 2 heteroatoms. The second kappa shape index (κ2) is 10.1.